The SMILES string of the molecule is Cc1ccc(S(=O)(=O)N(C)C)cc1NC(=O)COC(=O)c1cc2ccccc2o1. The highest BCUT2D eigenvalue weighted by atomic mass is 32.2. The summed E-state index contributed by atoms with van der Waals surface area (Å²) in [5.74, 6) is -1.37. The number of nitrogens with one attached hydrogen (secondary N) is 1. The summed E-state index contributed by atoms with van der Waals surface area (Å²) >= 11 is 0. The third-order valence-corrected chi connectivity index (χ3v) is 6.03. The summed E-state index contributed by atoms with van der Waals surface area (Å²) in [6.45, 7) is 1.18. The number of esters is 1. The van der Waals surface area contributed by atoms with Crippen LogP contribution in [-0.4, -0.2) is 45.3 Å². The number of carbonyl (C=O) groups excluding carboxylic acids is 2. The fraction of sp³-hybridized carbons (Fsp3) is 0.200. The second-order valence-electron chi connectivity index (χ2n) is 6.54. The largest absolute Gasteiger partial charge is 0.450 e. The van der Waals surface area contributed by atoms with Gasteiger partial charge < -0.3 is 14.5 Å². The van der Waals surface area contributed by atoms with Gasteiger partial charge in [0.15, 0.2) is 6.61 Å². The van der Waals surface area contributed by atoms with E-state index < -0.39 is 28.5 Å². The summed E-state index contributed by atoms with van der Waals surface area (Å²) < 4.78 is 36.0. The van der Waals surface area contributed by atoms with E-state index in [9.17, 15) is 18.0 Å². The van der Waals surface area contributed by atoms with Gasteiger partial charge in [-0.1, -0.05) is 24.3 Å². The van der Waals surface area contributed by atoms with E-state index >= 15 is 0 Å². The van der Waals surface area contributed by atoms with Crippen molar-refractivity contribution in [3.63, 3.8) is 0 Å². The first kappa shape index (κ1) is 20.6. The Labute approximate surface area is 168 Å². The van der Waals surface area contributed by atoms with Crippen LogP contribution in [0, 0.1) is 6.92 Å². The van der Waals surface area contributed by atoms with Crippen LogP contribution < -0.4 is 5.32 Å². The lowest BCUT2D eigenvalue weighted by atomic mass is 10.2. The minimum absolute atomic E-state index is 0.00532. The number of rotatable bonds is 6. The predicted molar refractivity (Wildman–Crippen MR) is 107 cm³/mol. The van der Waals surface area contributed by atoms with E-state index in [4.69, 9.17) is 9.15 Å². The zero-order valence-corrected chi connectivity index (χ0v) is 16.9. The quantitative estimate of drug-likeness (QED) is 0.620. The van der Waals surface area contributed by atoms with Crippen LogP contribution in [0.2, 0.25) is 0 Å². The number of benzene rings is 2. The molecule has 3 rings (SSSR count). The Bertz CT molecular complexity index is 1150. The van der Waals surface area contributed by atoms with Crippen LogP contribution in [-0.2, 0) is 19.6 Å². The first-order valence-electron chi connectivity index (χ1n) is 8.67. The van der Waals surface area contributed by atoms with Crippen LogP contribution in [0.5, 0.6) is 0 Å². The van der Waals surface area contributed by atoms with Gasteiger partial charge in [0.25, 0.3) is 5.91 Å². The van der Waals surface area contributed by atoms with Crippen molar-refractivity contribution in [2.24, 2.45) is 0 Å². The number of sulfonamides is 1. The van der Waals surface area contributed by atoms with Crippen molar-refractivity contribution in [2.45, 2.75) is 11.8 Å². The molecule has 0 spiro atoms. The molecule has 0 bridgehead atoms. The topological polar surface area (TPSA) is 106 Å². The van der Waals surface area contributed by atoms with Crippen molar-refractivity contribution in [2.75, 3.05) is 26.0 Å². The Morgan fingerprint density at radius 2 is 1.83 bits per heavy atom. The van der Waals surface area contributed by atoms with E-state index in [0.29, 0.717) is 16.8 Å². The van der Waals surface area contributed by atoms with Crippen LogP contribution in [0.25, 0.3) is 11.0 Å². The van der Waals surface area contributed by atoms with E-state index in [2.05, 4.69) is 5.32 Å². The van der Waals surface area contributed by atoms with Gasteiger partial charge in [0.1, 0.15) is 5.58 Å². The maximum Gasteiger partial charge on any atom is 0.374 e. The van der Waals surface area contributed by atoms with Crippen molar-refractivity contribution in [3.8, 4) is 0 Å². The number of furan rings is 1. The van der Waals surface area contributed by atoms with Crippen molar-refractivity contribution < 1.29 is 27.2 Å². The molecule has 0 radical (unpaired) electrons. The van der Waals surface area contributed by atoms with Gasteiger partial charge in [0, 0.05) is 25.2 Å². The van der Waals surface area contributed by atoms with Gasteiger partial charge in [-0.05, 0) is 36.8 Å². The number of amides is 1. The number of ether oxygens (including phenoxy) is 1. The van der Waals surface area contributed by atoms with Crippen molar-refractivity contribution in [1.82, 2.24) is 4.31 Å². The number of aryl methyl sites for hydroxylation is 1. The molecule has 0 saturated heterocycles. The molecule has 9 heteroatoms. The van der Waals surface area contributed by atoms with Crippen LogP contribution in [0.3, 0.4) is 0 Å². The highest BCUT2D eigenvalue weighted by Crippen LogP contribution is 2.22. The average Bonchev–Trinajstić information content (AvgIpc) is 3.12. The van der Waals surface area contributed by atoms with E-state index in [1.807, 2.05) is 6.07 Å². The Hall–Kier alpha value is -3.17. The number of para-hydroxylation sites is 1. The van der Waals surface area contributed by atoms with E-state index in [1.54, 1.807) is 31.2 Å². The summed E-state index contributed by atoms with van der Waals surface area (Å²) in [7, 11) is -0.799. The van der Waals surface area contributed by atoms with Crippen LogP contribution in [0.4, 0.5) is 5.69 Å². The van der Waals surface area contributed by atoms with Gasteiger partial charge in [-0.15, -0.1) is 0 Å². The van der Waals surface area contributed by atoms with Crippen LogP contribution >= 0.6 is 0 Å². The third-order valence-electron chi connectivity index (χ3n) is 4.22. The predicted octanol–water partition coefficient (Wildman–Crippen LogP) is 2.79. The van der Waals surface area contributed by atoms with E-state index in [-0.39, 0.29) is 10.7 Å². The second-order valence-corrected chi connectivity index (χ2v) is 8.69. The summed E-state index contributed by atoms with van der Waals surface area (Å²) in [5.41, 5.74) is 1.52. The number of fused-ring (bicyclic) bond motifs is 1. The highest BCUT2D eigenvalue weighted by molar-refractivity contribution is 7.89. The van der Waals surface area contributed by atoms with Crippen molar-refractivity contribution >= 4 is 38.6 Å². The number of anilines is 1. The van der Waals surface area contributed by atoms with Crippen molar-refractivity contribution in [3.05, 3.63) is 59.9 Å². The highest BCUT2D eigenvalue weighted by Gasteiger charge is 2.19. The summed E-state index contributed by atoms with van der Waals surface area (Å²) in [6, 6.07) is 13.1. The van der Waals surface area contributed by atoms with Crippen LogP contribution in [0.15, 0.2) is 57.8 Å². The Morgan fingerprint density at radius 3 is 2.52 bits per heavy atom. The molecule has 8 nitrogen and oxygen atoms in total. The van der Waals surface area contributed by atoms with Crippen molar-refractivity contribution in [1.29, 1.82) is 0 Å². The first-order chi connectivity index (χ1) is 13.7. The van der Waals surface area contributed by atoms with Gasteiger partial charge in [-0.25, -0.2) is 17.5 Å². The van der Waals surface area contributed by atoms with E-state index in [1.165, 1.54) is 32.3 Å². The zero-order valence-electron chi connectivity index (χ0n) is 16.1. The molecule has 29 heavy (non-hydrogen) atoms. The van der Waals surface area contributed by atoms with Gasteiger partial charge in [-0.2, -0.15) is 0 Å². The molecule has 3 aromatic rings. The van der Waals surface area contributed by atoms with Gasteiger partial charge in [0.2, 0.25) is 15.8 Å². The smallest absolute Gasteiger partial charge is 0.374 e. The Morgan fingerprint density at radius 1 is 1.10 bits per heavy atom. The molecule has 2 aromatic carbocycles. The third kappa shape index (κ3) is 4.47. The molecule has 0 aliphatic heterocycles. The molecule has 0 aliphatic rings. The second kappa shape index (κ2) is 8.06. The lowest BCUT2D eigenvalue weighted by molar-refractivity contribution is -0.119. The molecular formula is C20H20N2O6S. The standard InChI is InChI=1S/C20H20N2O6S/c1-13-8-9-15(29(25,26)22(2)3)11-16(13)21-19(23)12-27-20(24)18-10-14-6-4-5-7-17(14)28-18/h4-11H,12H2,1-3H3,(H,21,23). The molecule has 152 valence electrons. The lowest BCUT2D eigenvalue weighted by Crippen LogP contribution is -2.23. The molecule has 0 fully saturated rings. The normalized spacial score (nSPS) is 11.6. The summed E-state index contributed by atoms with van der Waals surface area (Å²) in [4.78, 5) is 24.4. The molecule has 1 amide bonds. The Balaban J connectivity index is 1.67. The minimum Gasteiger partial charge on any atom is -0.450 e. The number of hydrogen-bond donors (Lipinski definition) is 1. The monoisotopic (exact) mass is 416 g/mol. The number of nitrogens with zero attached hydrogens (tertiary/aromatic N) is 1. The average molecular weight is 416 g/mol. The summed E-state index contributed by atoms with van der Waals surface area (Å²) in [6.07, 6.45) is 0. The number of hydrogen-bond acceptors (Lipinski definition) is 6. The molecule has 1 N–H and O–H groups in total. The van der Waals surface area contributed by atoms with Gasteiger partial charge in [0.05, 0.1) is 4.90 Å². The van der Waals surface area contributed by atoms with Crippen LogP contribution in [0.1, 0.15) is 16.1 Å². The lowest BCUT2D eigenvalue weighted by Gasteiger charge is -2.14. The maximum atomic E-state index is 12.3. The van der Waals surface area contributed by atoms with E-state index in [0.717, 1.165) is 9.69 Å². The maximum absolute atomic E-state index is 12.3. The molecule has 0 atom stereocenters. The zero-order chi connectivity index (χ0) is 21.2. The molecule has 0 unspecified atom stereocenters. The number of carbonyl (C=O) groups is 2. The Kier molecular flexibility index (Phi) is 5.71. The molecule has 0 aliphatic carbocycles. The fourth-order valence-electron chi connectivity index (χ4n) is 2.58. The molecule has 0 saturated carbocycles. The first-order valence-corrected chi connectivity index (χ1v) is 10.1. The summed E-state index contributed by atoms with van der Waals surface area (Å²) in [5, 5.41) is 3.31. The van der Waals surface area contributed by atoms with Gasteiger partial charge >= 0.3 is 5.97 Å². The molecule has 1 aromatic heterocycles. The molecule has 1 heterocycles. The van der Waals surface area contributed by atoms with Gasteiger partial charge in [-0.3, -0.25) is 4.79 Å². The minimum atomic E-state index is -3.64. The molecular weight excluding hydrogens is 396 g/mol. The fourth-order valence-corrected chi connectivity index (χ4v) is 3.51.